The van der Waals surface area contributed by atoms with E-state index in [1.165, 1.54) is 13.0 Å². The van der Waals surface area contributed by atoms with E-state index in [9.17, 15) is 18.0 Å². The summed E-state index contributed by atoms with van der Waals surface area (Å²) in [5.41, 5.74) is 0.279. The van der Waals surface area contributed by atoms with Gasteiger partial charge in [-0.3, -0.25) is 14.3 Å². The molecule has 0 saturated carbocycles. The van der Waals surface area contributed by atoms with Gasteiger partial charge in [-0.15, -0.1) is 0 Å². The molecule has 1 rings (SSSR count). The van der Waals surface area contributed by atoms with Gasteiger partial charge in [0.1, 0.15) is 0 Å². The predicted octanol–water partition coefficient (Wildman–Crippen LogP) is 1.55. The number of rotatable bonds is 6. The minimum Gasteiger partial charge on any atom is -0.355 e. The molecule has 128 valence electrons. The largest absolute Gasteiger partial charge is 0.355 e. The van der Waals surface area contributed by atoms with Crippen LogP contribution in [0.1, 0.15) is 27.7 Å². The maximum Gasteiger partial charge on any atom is 0.234 e. The van der Waals surface area contributed by atoms with Crippen molar-refractivity contribution in [1.82, 2.24) is 5.32 Å². The van der Waals surface area contributed by atoms with E-state index in [4.69, 9.17) is 0 Å². The van der Waals surface area contributed by atoms with E-state index in [1.54, 1.807) is 39.0 Å². The van der Waals surface area contributed by atoms with Crippen molar-refractivity contribution in [3.05, 3.63) is 24.3 Å². The summed E-state index contributed by atoms with van der Waals surface area (Å²) >= 11 is 0. The average molecular weight is 341 g/mol. The maximum atomic E-state index is 12.0. The molecule has 0 unspecified atom stereocenters. The van der Waals surface area contributed by atoms with Crippen molar-refractivity contribution in [1.29, 1.82) is 0 Å². The fourth-order valence-electron chi connectivity index (χ4n) is 1.66. The van der Waals surface area contributed by atoms with Gasteiger partial charge in [-0.25, -0.2) is 8.42 Å². The van der Waals surface area contributed by atoms with Crippen LogP contribution in [0.25, 0.3) is 0 Å². The van der Waals surface area contributed by atoms with E-state index in [-0.39, 0.29) is 24.1 Å². The van der Waals surface area contributed by atoms with Crippen molar-refractivity contribution >= 4 is 33.2 Å². The van der Waals surface area contributed by atoms with Crippen molar-refractivity contribution in [3.63, 3.8) is 0 Å². The first kappa shape index (κ1) is 19.0. The number of amides is 2. The zero-order chi connectivity index (χ0) is 17.7. The molecule has 8 heteroatoms. The quantitative estimate of drug-likeness (QED) is 0.730. The molecule has 3 N–H and O–H groups in total. The molecule has 7 nitrogen and oxygen atoms in total. The van der Waals surface area contributed by atoms with Crippen LogP contribution in [0.3, 0.4) is 0 Å². The van der Waals surface area contributed by atoms with Crippen LogP contribution in [0.15, 0.2) is 24.3 Å². The Kier molecular flexibility index (Phi) is 6.14. The molecule has 0 saturated heterocycles. The lowest BCUT2D eigenvalue weighted by Gasteiger charge is -2.17. The lowest BCUT2D eigenvalue weighted by molar-refractivity contribution is -0.128. The lowest BCUT2D eigenvalue weighted by Crippen LogP contribution is -2.38. The fraction of sp³-hybridized carbons (Fsp3) is 0.467. The molecule has 1 aromatic rings. The monoisotopic (exact) mass is 341 g/mol. The maximum absolute atomic E-state index is 12.0. The number of hydrogen-bond donors (Lipinski definition) is 3. The third kappa shape index (κ3) is 7.14. The Balaban J connectivity index is 2.62. The smallest absolute Gasteiger partial charge is 0.234 e. The molecule has 0 fully saturated rings. The summed E-state index contributed by atoms with van der Waals surface area (Å²) in [5.74, 6) is -0.686. The molecule has 0 atom stereocenters. The lowest BCUT2D eigenvalue weighted by atomic mass is 9.96. The molecule has 0 aromatic heterocycles. The van der Waals surface area contributed by atoms with Crippen molar-refractivity contribution in [3.8, 4) is 0 Å². The van der Waals surface area contributed by atoms with Crippen LogP contribution in [0, 0.1) is 5.41 Å². The zero-order valence-electron chi connectivity index (χ0n) is 13.8. The Morgan fingerprint density at radius 1 is 1.13 bits per heavy atom. The van der Waals surface area contributed by atoms with Gasteiger partial charge in [0.15, 0.2) is 0 Å². The van der Waals surface area contributed by atoms with Gasteiger partial charge < -0.3 is 10.6 Å². The zero-order valence-corrected chi connectivity index (χ0v) is 14.6. The van der Waals surface area contributed by atoms with E-state index in [2.05, 4.69) is 15.4 Å². The molecule has 0 spiro atoms. The summed E-state index contributed by atoms with van der Waals surface area (Å²) in [6.07, 6.45) is 0. The average Bonchev–Trinajstić information content (AvgIpc) is 2.36. The van der Waals surface area contributed by atoms with Crippen molar-refractivity contribution in [2.75, 3.05) is 22.3 Å². The van der Waals surface area contributed by atoms with Gasteiger partial charge in [0.25, 0.3) is 0 Å². The molecule has 0 aliphatic heterocycles. The first-order chi connectivity index (χ1) is 10.5. The number of nitrogens with one attached hydrogen (secondary N) is 3. The highest BCUT2D eigenvalue weighted by atomic mass is 32.2. The topological polar surface area (TPSA) is 104 Å². The second kappa shape index (κ2) is 7.45. The number of anilines is 2. The van der Waals surface area contributed by atoms with Gasteiger partial charge in [-0.2, -0.15) is 0 Å². The Morgan fingerprint density at radius 2 is 1.74 bits per heavy atom. The van der Waals surface area contributed by atoms with Gasteiger partial charge in [-0.1, -0.05) is 26.8 Å². The molecular formula is C15H23N3O4S. The van der Waals surface area contributed by atoms with Crippen molar-refractivity contribution in [2.45, 2.75) is 27.7 Å². The molecule has 0 aliphatic rings. The highest BCUT2D eigenvalue weighted by Gasteiger charge is 2.21. The normalized spacial score (nSPS) is 11.7. The second-order valence-electron chi connectivity index (χ2n) is 6.19. The van der Waals surface area contributed by atoms with E-state index >= 15 is 0 Å². The highest BCUT2D eigenvalue weighted by molar-refractivity contribution is 7.92. The van der Waals surface area contributed by atoms with Crippen LogP contribution in [0.2, 0.25) is 0 Å². The number of benzene rings is 1. The van der Waals surface area contributed by atoms with E-state index in [0.717, 1.165) is 0 Å². The number of carbonyl (C=O) groups excluding carboxylic acids is 2. The first-order valence-electron chi connectivity index (χ1n) is 7.16. The van der Waals surface area contributed by atoms with Crippen LogP contribution < -0.4 is 15.4 Å². The van der Waals surface area contributed by atoms with Gasteiger partial charge >= 0.3 is 0 Å². The number of carbonyl (C=O) groups is 2. The van der Waals surface area contributed by atoms with E-state index in [0.29, 0.717) is 11.4 Å². The predicted molar refractivity (Wildman–Crippen MR) is 90.6 cm³/mol. The van der Waals surface area contributed by atoms with Crippen LogP contribution >= 0.6 is 0 Å². The molecule has 23 heavy (non-hydrogen) atoms. The van der Waals surface area contributed by atoms with Crippen LogP contribution in [-0.2, 0) is 19.6 Å². The molecule has 0 bridgehead atoms. The third-order valence-corrected chi connectivity index (χ3v) is 4.08. The standard InChI is InChI=1S/C15H23N3O4S/c1-11(19)17-12-6-5-7-13(10-12)18-23(21,22)9-8-16-14(20)15(2,3)4/h5-7,10,18H,8-9H2,1-4H3,(H,16,20)(H,17,19). The Labute approximate surface area is 136 Å². The molecular weight excluding hydrogens is 318 g/mol. The van der Waals surface area contributed by atoms with Gasteiger partial charge in [0, 0.05) is 24.6 Å². The second-order valence-corrected chi connectivity index (χ2v) is 8.03. The minimum atomic E-state index is -3.60. The minimum absolute atomic E-state index is 0.0246. The van der Waals surface area contributed by atoms with Crippen molar-refractivity contribution < 1.29 is 18.0 Å². The Bertz CT molecular complexity index is 678. The molecule has 0 heterocycles. The van der Waals surface area contributed by atoms with Gasteiger partial charge in [-0.05, 0) is 18.2 Å². The van der Waals surface area contributed by atoms with Gasteiger partial charge in [0.05, 0.1) is 11.4 Å². The summed E-state index contributed by atoms with van der Waals surface area (Å²) < 4.78 is 26.4. The van der Waals surface area contributed by atoms with Crippen LogP contribution in [-0.4, -0.2) is 32.5 Å². The molecule has 0 radical (unpaired) electrons. The third-order valence-electron chi connectivity index (χ3n) is 2.79. The number of sulfonamides is 1. The highest BCUT2D eigenvalue weighted by Crippen LogP contribution is 2.16. The fourth-order valence-corrected chi connectivity index (χ4v) is 2.62. The summed E-state index contributed by atoms with van der Waals surface area (Å²) in [4.78, 5) is 22.7. The molecule has 1 aromatic carbocycles. The summed E-state index contributed by atoms with van der Waals surface area (Å²) in [6.45, 7) is 6.65. The summed E-state index contributed by atoms with van der Waals surface area (Å²) in [7, 11) is -3.60. The van der Waals surface area contributed by atoms with E-state index in [1.807, 2.05) is 0 Å². The molecule has 2 amide bonds. The first-order valence-corrected chi connectivity index (χ1v) is 8.81. The number of hydrogen-bond acceptors (Lipinski definition) is 4. The Morgan fingerprint density at radius 3 is 2.30 bits per heavy atom. The SMILES string of the molecule is CC(=O)Nc1cccc(NS(=O)(=O)CCNC(=O)C(C)(C)C)c1. The summed E-state index contributed by atoms with van der Waals surface area (Å²) in [5, 5.41) is 5.16. The Hall–Kier alpha value is -2.09. The van der Waals surface area contributed by atoms with Gasteiger partial charge in [0.2, 0.25) is 21.8 Å². The van der Waals surface area contributed by atoms with Crippen molar-refractivity contribution in [2.24, 2.45) is 5.41 Å². The summed E-state index contributed by atoms with van der Waals surface area (Å²) in [6, 6.07) is 6.39. The van der Waals surface area contributed by atoms with E-state index < -0.39 is 15.4 Å². The van der Waals surface area contributed by atoms with Crippen LogP contribution in [0.4, 0.5) is 11.4 Å². The molecule has 0 aliphatic carbocycles. The van der Waals surface area contributed by atoms with Crippen LogP contribution in [0.5, 0.6) is 0 Å².